The van der Waals surface area contributed by atoms with E-state index in [4.69, 9.17) is 0 Å². The Morgan fingerprint density at radius 2 is 1.74 bits per heavy atom. The van der Waals surface area contributed by atoms with E-state index < -0.39 is 0 Å². The van der Waals surface area contributed by atoms with Crippen LogP contribution < -0.4 is 5.32 Å². The van der Waals surface area contributed by atoms with Crippen molar-refractivity contribution in [3.8, 4) is 0 Å². The van der Waals surface area contributed by atoms with Crippen LogP contribution in [-0.2, 0) is 4.79 Å². The molecular formula is C20H22N4O3. The molecule has 3 rings (SSSR count). The molecule has 0 aliphatic carbocycles. The van der Waals surface area contributed by atoms with E-state index in [1.54, 1.807) is 15.9 Å². The molecule has 0 saturated carbocycles. The fourth-order valence-corrected chi connectivity index (χ4v) is 3.09. The first-order valence-electron chi connectivity index (χ1n) is 8.82. The summed E-state index contributed by atoms with van der Waals surface area (Å²) in [5, 5.41) is 2.88. The number of amides is 3. The van der Waals surface area contributed by atoms with Gasteiger partial charge in [0.05, 0.1) is 0 Å². The molecule has 0 spiro atoms. The van der Waals surface area contributed by atoms with Gasteiger partial charge in [0.2, 0.25) is 6.41 Å². The molecule has 0 radical (unpaired) electrons. The molecule has 140 valence electrons. The first-order chi connectivity index (χ1) is 13.0. The van der Waals surface area contributed by atoms with E-state index in [2.05, 4.69) is 10.3 Å². The number of aromatic nitrogens is 1. The van der Waals surface area contributed by atoms with Crippen LogP contribution in [0.1, 0.15) is 32.0 Å². The van der Waals surface area contributed by atoms with Gasteiger partial charge in [0.1, 0.15) is 5.69 Å². The lowest BCUT2D eigenvalue weighted by Gasteiger charge is -2.32. The van der Waals surface area contributed by atoms with Crippen LogP contribution in [0, 0.1) is 13.8 Å². The molecule has 0 bridgehead atoms. The monoisotopic (exact) mass is 366 g/mol. The maximum absolute atomic E-state index is 12.7. The smallest absolute Gasteiger partial charge is 0.274 e. The molecule has 7 nitrogen and oxygen atoms in total. The fraction of sp³-hybridized carbons (Fsp3) is 0.300. The number of para-hydroxylation sites is 1. The Morgan fingerprint density at radius 3 is 2.37 bits per heavy atom. The molecule has 2 aromatic rings. The van der Waals surface area contributed by atoms with Gasteiger partial charge in [0.25, 0.3) is 11.8 Å². The minimum atomic E-state index is -0.354. The number of hydrogen-bond acceptors (Lipinski definition) is 4. The number of anilines is 1. The van der Waals surface area contributed by atoms with Crippen LogP contribution in [0.15, 0.2) is 36.5 Å². The van der Waals surface area contributed by atoms with Crippen LogP contribution in [-0.4, -0.2) is 59.2 Å². The molecule has 1 fully saturated rings. The van der Waals surface area contributed by atoms with Crippen molar-refractivity contribution >= 4 is 23.9 Å². The summed E-state index contributed by atoms with van der Waals surface area (Å²) < 4.78 is 0. The van der Waals surface area contributed by atoms with Crippen LogP contribution in [0.2, 0.25) is 0 Å². The zero-order valence-corrected chi connectivity index (χ0v) is 15.4. The molecule has 7 heteroatoms. The van der Waals surface area contributed by atoms with E-state index in [0.717, 1.165) is 23.2 Å². The molecule has 2 heterocycles. The summed E-state index contributed by atoms with van der Waals surface area (Å²) in [6.07, 6.45) is 2.26. The minimum absolute atomic E-state index is 0.163. The Bertz CT molecular complexity index is 853. The zero-order valence-electron chi connectivity index (χ0n) is 15.4. The molecule has 0 atom stereocenters. The third-order valence-corrected chi connectivity index (χ3v) is 4.71. The van der Waals surface area contributed by atoms with Crippen LogP contribution >= 0.6 is 0 Å². The SMILES string of the molecule is Cc1cccc(C)c1NC(=O)c1cc(C(=O)N2CCN(C=O)CC2)ccn1. The summed E-state index contributed by atoms with van der Waals surface area (Å²) in [6, 6.07) is 8.90. The Labute approximate surface area is 158 Å². The van der Waals surface area contributed by atoms with Crippen molar-refractivity contribution in [2.45, 2.75) is 13.8 Å². The molecule has 1 saturated heterocycles. The lowest BCUT2D eigenvalue weighted by molar-refractivity contribution is -0.119. The van der Waals surface area contributed by atoms with Crippen LogP contribution in [0.25, 0.3) is 0 Å². The first kappa shape index (κ1) is 18.6. The van der Waals surface area contributed by atoms with Gasteiger partial charge < -0.3 is 15.1 Å². The highest BCUT2D eigenvalue weighted by Crippen LogP contribution is 2.20. The average molecular weight is 366 g/mol. The molecule has 0 unspecified atom stereocenters. The summed E-state index contributed by atoms with van der Waals surface area (Å²) in [6.45, 7) is 5.83. The summed E-state index contributed by atoms with van der Waals surface area (Å²) in [5.74, 6) is -0.517. The summed E-state index contributed by atoms with van der Waals surface area (Å²) in [7, 11) is 0. The number of nitrogens with one attached hydrogen (secondary N) is 1. The largest absolute Gasteiger partial charge is 0.342 e. The van der Waals surface area contributed by atoms with Crippen molar-refractivity contribution in [1.82, 2.24) is 14.8 Å². The number of aryl methyl sites for hydroxylation is 2. The number of carbonyl (C=O) groups is 3. The second-order valence-electron chi connectivity index (χ2n) is 6.58. The molecule has 3 amide bonds. The van der Waals surface area contributed by atoms with Crippen molar-refractivity contribution in [2.24, 2.45) is 0 Å². The molecule has 1 aliphatic rings. The minimum Gasteiger partial charge on any atom is -0.342 e. The van der Waals surface area contributed by atoms with Gasteiger partial charge >= 0.3 is 0 Å². The van der Waals surface area contributed by atoms with Crippen LogP contribution in [0.3, 0.4) is 0 Å². The predicted molar refractivity (Wildman–Crippen MR) is 102 cm³/mol. The summed E-state index contributed by atoms with van der Waals surface area (Å²) >= 11 is 0. The normalized spacial score (nSPS) is 14.0. The Hall–Kier alpha value is -3.22. The highest BCUT2D eigenvalue weighted by molar-refractivity contribution is 6.05. The van der Waals surface area contributed by atoms with E-state index in [1.165, 1.54) is 12.3 Å². The fourth-order valence-electron chi connectivity index (χ4n) is 3.09. The highest BCUT2D eigenvalue weighted by Gasteiger charge is 2.22. The van der Waals surface area contributed by atoms with Crippen molar-refractivity contribution in [1.29, 1.82) is 0 Å². The zero-order chi connectivity index (χ0) is 19.4. The lowest BCUT2D eigenvalue weighted by atomic mass is 10.1. The van der Waals surface area contributed by atoms with E-state index >= 15 is 0 Å². The van der Waals surface area contributed by atoms with E-state index in [0.29, 0.717) is 31.7 Å². The van der Waals surface area contributed by atoms with E-state index in [9.17, 15) is 14.4 Å². The van der Waals surface area contributed by atoms with E-state index in [-0.39, 0.29) is 17.5 Å². The summed E-state index contributed by atoms with van der Waals surface area (Å²) in [5.41, 5.74) is 3.28. The van der Waals surface area contributed by atoms with Crippen molar-refractivity contribution < 1.29 is 14.4 Å². The number of hydrogen-bond donors (Lipinski definition) is 1. The Kier molecular flexibility index (Phi) is 5.49. The third kappa shape index (κ3) is 4.13. The average Bonchev–Trinajstić information content (AvgIpc) is 2.70. The summed E-state index contributed by atoms with van der Waals surface area (Å²) in [4.78, 5) is 43.5. The molecular weight excluding hydrogens is 344 g/mol. The van der Waals surface area contributed by atoms with Gasteiger partial charge in [-0.1, -0.05) is 18.2 Å². The van der Waals surface area contributed by atoms with E-state index in [1.807, 2.05) is 32.0 Å². The van der Waals surface area contributed by atoms with Gasteiger partial charge in [-0.3, -0.25) is 19.4 Å². The van der Waals surface area contributed by atoms with Crippen molar-refractivity contribution in [3.63, 3.8) is 0 Å². The van der Waals surface area contributed by atoms with Gasteiger partial charge in [-0.25, -0.2) is 0 Å². The van der Waals surface area contributed by atoms with Gasteiger partial charge in [0, 0.05) is 43.6 Å². The van der Waals surface area contributed by atoms with Crippen molar-refractivity contribution in [2.75, 3.05) is 31.5 Å². The lowest BCUT2D eigenvalue weighted by Crippen LogP contribution is -2.48. The third-order valence-electron chi connectivity index (χ3n) is 4.71. The number of benzene rings is 1. The van der Waals surface area contributed by atoms with Gasteiger partial charge in [-0.2, -0.15) is 0 Å². The Balaban J connectivity index is 1.74. The number of rotatable bonds is 4. The molecule has 1 aromatic heterocycles. The van der Waals surface area contributed by atoms with Gasteiger partial charge in [-0.05, 0) is 37.1 Å². The first-order valence-corrected chi connectivity index (χ1v) is 8.82. The highest BCUT2D eigenvalue weighted by atomic mass is 16.2. The molecule has 1 N–H and O–H groups in total. The maximum atomic E-state index is 12.7. The maximum Gasteiger partial charge on any atom is 0.274 e. The molecule has 1 aromatic carbocycles. The number of pyridine rings is 1. The number of nitrogens with zero attached hydrogens (tertiary/aromatic N) is 3. The topological polar surface area (TPSA) is 82.6 Å². The second-order valence-corrected chi connectivity index (χ2v) is 6.58. The van der Waals surface area contributed by atoms with Crippen LogP contribution in [0.5, 0.6) is 0 Å². The molecule has 1 aliphatic heterocycles. The van der Waals surface area contributed by atoms with Gasteiger partial charge in [0.15, 0.2) is 0 Å². The van der Waals surface area contributed by atoms with Gasteiger partial charge in [-0.15, -0.1) is 0 Å². The number of carbonyl (C=O) groups excluding carboxylic acids is 3. The second kappa shape index (κ2) is 7.99. The quantitative estimate of drug-likeness (QED) is 0.838. The number of piperazine rings is 1. The van der Waals surface area contributed by atoms with Crippen LogP contribution in [0.4, 0.5) is 5.69 Å². The molecule has 27 heavy (non-hydrogen) atoms. The Morgan fingerprint density at radius 1 is 1.07 bits per heavy atom. The van der Waals surface area contributed by atoms with Crippen molar-refractivity contribution in [3.05, 3.63) is 58.9 Å². The standard InChI is InChI=1S/C20H22N4O3/c1-14-4-3-5-15(2)18(14)22-19(26)17-12-16(6-7-21-17)20(27)24-10-8-23(13-25)9-11-24/h3-7,12-13H,8-11H2,1-2H3,(H,22,26). The predicted octanol–water partition coefficient (Wildman–Crippen LogP) is 1.86.